The number of methoxy groups -OCH3 is 1. The molecule has 0 atom stereocenters. The molecule has 46 valence electrons. The predicted octanol–water partition coefficient (Wildman–Crippen LogP) is -1.08. The fraction of sp³-hybridized carbons (Fsp3) is 0.250. The van der Waals surface area contributed by atoms with Crippen molar-refractivity contribution >= 4 is 5.97 Å². The molecule has 4 heteroatoms. The van der Waals surface area contributed by atoms with E-state index in [0.29, 0.717) is 0 Å². The number of ether oxygens (including phenoxy) is 1. The summed E-state index contributed by atoms with van der Waals surface area (Å²) in [6.07, 6.45) is 0.992. The van der Waals surface area contributed by atoms with Crippen molar-refractivity contribution in [2.24, 2.45) is 11.5 Å². The van der Waals surface area contributed by atoms with Crippen molar-refractivity contribution in [2.75, 3.05) is 7.11 Å². The van der Waals surface area contributed by atoms with Gasteiger partial charge in [0, 0.05) is 6.20 Å². The molecule has 0 aliphatic heterocycles. The molecule has 0 heterocycles. The zero-order chi connectivity index (χ0) is 6.57. The van der Waals surface area contributed by atoms with Crippen molar-refractivity contribution < 1.29 is 9.53 Å². The van der Waals surface area contributed by atoms with Crippen LogP contribution in [0.15, 0.2) is 11.9 Å². The van der Waals surface area contributed by atoms with Crippen LogP contribution in [-0.2, 0) is 9.53 Å². The topological polar surface area (TPSA) is 78.3 Å². The summed E-state index contributed by atoms with van der Waals surface area (Å²) < 4.78 is 4.19. The largest absolute Gasteiger partial charge is 0.464 e. The van der Waals surface area contributed by atoms with Crippen LogP contribution in [0.4, 0.5) is 0 Å². The average molecular weight is 116 g/mol. The molecule has 4 nitrogen and oxygen atoms in total. The lowest BCUT2D eigenvalue weighted by Crippen LogP contribution is -2.14. The van der Waals surface area contributed by atoms with Gasteiger partial charge in [0.15, 0.2) is 0 Å². The van der Waals surface area contributed by atoms with Crippen LogP contribution in [-0.4, -0.2) is 13.1 Å². The highest BCUT2D eigenvalue weighted by molar-refractivity contribution is 5.86. The standard InChI is InChI=1S/C4H8N2O2/c1-8-4(7)3(6)2-5/h2H,5-6H2,1H3. The Morgan fingerprint density at radius 2 is 2.25 bits per heavy atom. The van der Waals surface area contributed by atoms with Crippen LogP contribution in [0.1, 0.15) is 0 Å². The lowest BCUT2D eigenvalue weighted by atomic mass is 10.5. The summed E-state index contributed by atoms with van der Waals surface area (Å²) in [5, 5.41) is 0. The second-order valence-corrected chi connectivity index (χ2v) is 1.11. The smallest absolute Gasteiger partial charge is 0.355 e. The van der Waals surface area contributed by atoms with E-state index < -0.39 is 5.97 Å². The average Bonchev–Trinajstić information content (AvgIpc) is 1.84. The molecule has 0 bridgehead atoms. The van der Waals surface area contributed by atoms with Crippen molar-refractivity contribution in [3.8, 4) is 0 Å². The third kappa shape index (κ3) is 1.51. The molecular weight excluding hydrogens is 108 g/mol. The van der Waals surface area contributed by atoms with Gasteiger partial charge >= 0.3 is 5.97 Å². The highest BCUT2D eigenvalue weighted by Crippen LogP contribution is 1.81. The third-order valence-corrected chi connectivity index (χ3v) is 0.601. The molecule has 0 aromatic heterocycles. The maximum Gasteiger partial charge on any atom is 0.355 e. The Morgan fingerprint density at radius 1 is 1.75 bits per heavy atom. The van der Waals surface area contributed by atoms with E-state index in [1.54, 1.807) is 0 Å². The molecule has 0 spiro atoms. The van der Waals surface area contributed by atoms with Crippen molar-refractivity contribution in [1.29, 1.82) is 0 Å². The molecule has 0 aliphatic rings. The van der Waals surface area contributed by atoms with Crippen LogP contribution in [0.25, 0.3) is 0 Å². The molecule has 0 aliphatic carbocycles. The second-order valence-electron chi connectivity index (χ2n) is 1.11. The summed E-state index contributed by atoms with van der Waals surface area (Å²) >= 11 is 0. The molecule has 0 saturated carbocycles. The molecule has 0 saturated heterocycles. The predicted molar refractivity (Wildman–Crippen MR) is 28.5 cm³/mol. The van der Waals surface area contributed by atoms with Gasteiger partial charge in [0.25, 0.3) is 0 Å². The highest BCUT2D eigenvalue weighted by Gasteiger charge is 1.99. The molecular formula is C4H8N2O2. The second kappa shape index (κ2) is 2.90. The number of esters is 1. The van der Waals surface area contributed by atoms with Crippen molar-refractivity contribution in [3.05, 3.63) is 11.9 Å². The van der Waals surface area contributed by atoms with E-state index in [1.165, 1.54) is 7.11 Å². The minimum Gasteiger partial charge on any atom is -0.464 e. The number of hydrogen-bond donors (Lipinski definition) is 2. The molecule has 4 N–H and O–H groups in total. The third-order valence-electron chi connectivity index (χ3n) is 0.601. The molecule has 8 heavy (non-hydrogen) atoms. The van der Waals surface area contributed by atoms with E-state index in [-0.39, 0.29) is 5.70 Å². The maximum absolute atomic E-state index is 10.2. The lowest BCUT2D eigenvalue weighted by Gasteiger charge is -1.93. The van der Waals surface area contributed by atoms with E-state index >= 15 is 0 Å². The Hall–Kier alpha value is -1.19. The Morgan fingerprint density at radius 3 is 2.38 bits per heavy atom. The fourth-order valence-electron chi connectivity index (χ4n) is 0.186. The number of carbonyl (C=O) groups is 1. The Balaban J connectivity index is 3.83. The molecule has 0 amide bonds. The molecule has 0 unspecified atom stereocenters. The molecule has 0 aromatic rings. The molecule has 0 aromatic carbocycles. The summed E-state index contributed by atoms with van der Waals surface area (Å²) in [5.74, 6) is -0.604. The lowest BCUT2D eigenvalue weighted by molar-refractivity contribution is -0.136. The highest BCUT2D eigenvalue weighted by atomic mass is 16.5. The summed E-state index contributed by atoms with van der Waals surface area (Å²) in [5.41, 5.74) is 9.77. The Kier molecular flexibility index (Phi) is 2.47. The summed E-state index contributed by atoms with van der Waals surface area (Å²) in [4.78, 5) is 10.2. The van der Waals surface area contributed by atoms with E-state index in [0.717, 1.165) is 6.20 Å². The van der Waals surface area contributed by atoms with Crippen LogP contribution in [0.3, 0.4) is 0 Å². The first-order chi connectivity index (χ1) is 3.72. The van der Waals surface area contributed by atoms with Gasteiger partial charge in [-0.15, -0.1) is 0 Å². The van der Waals surface area contributed by atoms with Gasteiger partial charge in [-0.05, 0) is 0 Å². The van der Waals surface area contributed by atoms with Crippen LogP contribution in [0, 0.1) is 0 Å². The van der Waals surface area contributed by atoms with Crippen LogP contribution < -0.4 is 11.5 Å². The van der Waals surface area contributed by atoms with Crippen LogP contribution >= 0.6 is 0 Å². The first-order valence-electron chi connectivity index (χ1n) is 1.98. The molecule has 0 fully saturated rings. The molecule has 0 rings (SSSR count). The first kappa shape index (κ1) is 6.81. The van der Waals surface area contributed by atoms with Gasteiger partial charge in [-0.3, -0.25) is 0 Å². The van der Waals surface area contributed by atoms with Gasteiger partial charge in [-0.25, -0.2) is 4.79 Å². The fourth-order valence-corrected chi connectivity index (χ4v) is 0.186. The van der Waals surface area contributed by atoms with Gasteiger partial charge < -0.3 is 16.2 Å². The Bertz CT molecular complexity index is 119. The Labute approximate surface area is 47.1 Å². The quantitative estimate of drug-likeness (QED) is 0.337. The van der Waals surface area contributed by atoms with E-state index in [9.17, 15) is 4.79 Å². The summed E-state index contributed by atoms with van der Waals surface area (Å²) in [6, 6.07) is 0. The van der Waals surface area contributed by atoms with Gasteiger partial charge in [0.1, 0.15) is 5.70 Å². The number of carbonyl (C=O) groups excluding carboxylic acids is 1. The van der Waals surface area contributed by atoms with Gasteiger partial charge in [-0.2, -0.15) is 0 Å². The number of hydrogen-bond acceptors (Lipinski definition) is 4. The van der Waals surface area contributed by atoms with E-state index in [2.05, 4.69) is 4.74 Å². The van der Waals surface area contributed by atoms with Gasteiger partial charge in [0.2, 0.25) is 0 Å². The summed E-state index contributed by atoms with van der Waals surface area (Å²) in [6.45, 7) is 0. The number of rotatable bonds is 1. The van der Waals surface area contributed by atoms with E-state index in [4.69, 9.17) is 11.5 Å². The zero-order valence-corrected chi connectivity index (χ0v) is 4.55. The normalized spacial score (nSPS) is 10.9. The minimum absolute atomic E-state index is 0.0764. The van der Waals surface area contributed by atoms with Crippen molar-refractivity contribution in [3.63, 3.8) is 0 Å². The van der Waals surface area contributed by atoms with Crippen molar-refractivity contribution in [1.82, 2.24) is 0 Å². The van der Waals surface area contributed by atoms with Crippen LogP contribution in [0.2, 0.25) is 0 Å². The van der Waals surface area contributed by atoms with Gasteiger partial charge in [-0.1, -0.05) is 0 Å². The van der Waals surface area contributed by atoms with Gasteiger partial charge in [0.05, 0.1) is 7.11 Å². The summed E-state index contributed by atoms with van der Waals surface area (Å²) in [7, 11) is 1.23. The zero-order valence-electron chi connectivity index (χ0n) is 4.55. The number of nitrogens with two attached hydrogens (primary N) is 2. The van der Waals surface area contributed by atoms with E-state index in [1.807, 2.05) is 0 Å². The SMILES string of the molecule is COC(=O)C(N)=CN. The first-order valence-corrected chi connectivity index (χ1v) is 1.98. The monoisotopic (exact) mass is 116 g/mol. The minimum atomic E-state index is -0.604. The molecule has 0 radical (unpaired) electrons. The van der Waals surface area contributed by atoms with Crippen molar-refractivity contribution in [2.45, 2.75) is 0 Å². The maximum atomic E-state index is 10.2. The van der Waals surface area contributed by atoms with Crippen LogP contribution in [0.5, 0.6) is 0 Å².